The molecule has 3 aromatic heterocycles. The minimum atomic E-state index is -0.0809. The molecule has 0 radical (unpaired) electrons. The largest absolute Gasteiger partial charge is 0.379 e. The summed E-state index contributed by atoms with van der Waals surface area (Å²) in [4.78, 5) is 33.2. The molecule has 7 heteroatoms. The van der Waals surface area contributed by atoms with Crippen LogP contribution in [-0.2, 0) is 11.3 Å². The number of hydrogen-bond acceptors (Lipinski definition) is 5. The normalized spacial score (nSPS) is 18.9. The van der Waals surface area contributed by atoms with E-state index in [2.05, 4.69) is 9.88 Å². The number of hydrogen-bond donors (Lipinski definition) is 0. The monoisotopic (exact) mass is 408 g/mol. The number of morpholine rings is 1. The Balaban J connectivity index is 1.51. The number of aromatic nitrogens is 3. The van der Waals surface area contributed by atoms with Gasteiger partial charge in [-0.15, -0.1) is 0 Å². The fraction of sp³-hybridized carbons (Fsp3) is 0.522. The molecular formula is C23H28N4O3. The summed E-state index contributed by atoms with van der Waals surface area (Å²) in [6.45, 7) is 4.72. The number of pyridine rings is 3. The fourth-order valence-corrected chi connectivity index (χ4v) is 4.78. The molecule has 1 saturated heterocycles. The molecule has 0 amide bonds. The maximum absolute atomic E-state index is 13.2. The second kappa shape index (κ2) is 8.32. The van der Waals surface area contributed by atoms with Crippen LogP contribution in [-0.4, -0.2) is 51.9 Å². The van der Waals surface area contributed by atoms with Gasteiger partial charge >= 0.3 is 0 Å². The zero-order chi connectivity index (χ0) is 20.5. The van der Waals surface area contributed by atoms with E-state index in [1.54, 1.807) is 10.6 Å². The summed E-state index contributed by atoms with van der Waals surface area (Å²) in [5.74, 6) is 0. The van der Waals surface area contributed by atoms with Gasteiger partial charge in [-0.2, -0.15) is 0 Å². The molecule has 1 saturated carbocycles. The first kappa shape index (κ1) is 19.5. The van der Waals surface area contributed by atoms with Crippen molar-refractivity contribution in [3.05, 3.63) is 51.3 Å². The van der Waals surface area contributed by atoms with E-state index < -0.39 is 0 Å². The van der Waals surface area contributed by atoms with E-state index in [1.807, 2.05) is 29.1 Å². The van der Waals surface area contributed by atoms with Crippen LogP contribution in [0.15, 0.2) is 40.2 Å². The Labute approximate surface area is 174 Å². The Morgan fingerprint density at radius 1 is 0.900 bits per heavy atom. The Kier molecular flexibility index (Phi) is 5.39. The summed E-state index contributed by atoms with van der Waals surface area (Å²) in [6, 6.07) is 5.80. The van der Waals surface area contributed by atoms with Crippen LogP contribution in [0.1, 0.15) is 38.1 Å². The van der Waals surface area contributed by atoms with Gasteiger partial charge in [0.25, 0.3) is 11.1 Å². The molecule has 1 aliphatic carbocycles. The molecule has 158 valence electrons. The molecule has 1 aliphatic heterocycles. The highest BCUT2D eigenvalue weighted by Crippen LogP contribution is 2.27. The van der Waals surface area contributed by atoms with Crippen molar-refractivity contribution in [1.82, 2.24) is 19.0 Å². The van der Waals surface area contributed by atoms with E-state index in [0.717, 1.165) is 45.7 Å². The Morgan fingerprint density at radius 3 is 2.37 bits per heavy atom. The molecule has 7 nitrogen and oxygen atoms in total. The van der Waals surface area contributed by atoms with E-state index in [0.29, 0.717) is 28.4 Å². The summed E-state index contributed by atoms with van der Waals surface area (Å²) in [5.41, 5.74) is 1.19. The Morgan fingerprint density at radius 2 is 1.60 bits per heavy atom. The van der Waals surface area contributed by atoms with Crippen molar-refractivity contribution < 1.29 is 4.74 Å². The Bertz CT molecular complexity index is 1170. The second-order valence-corrected chi connectivity index (χ2v) is 8.44. The maximum Gasteiger partial charge on any atom is 0.260 e. The van der Waals surface area contributed by atoms with E-state index in [1.165, 1.54) is 19.3 Å². The lowest BCUT2D eigenvalue weighted by Crippen LogP contribution is -2.39. The first-order valence-electron chi connectivity index (χ1n) is 11.1. The minimum absolute atomic E-state index is 0.0306. The predicted molar refractivity (Wildman–Crippen MR) is 117 cm³/mol. The zero-order valence-corrected chi connectivity index (χ0v) is 17.3. The van der Waals surface area contributed by atoms with Crippen LogP contribution in [0, 0.1) is 0 Å². The summed E-state index contributed by atoms with van der Waals surface area (Å²) in [5, 5.41) is 1.06. The molecule has 0 spiro atoms. The standard InChI is InChI=1S/C23H28N4O3/c28-22-18-16-19-21(7-9-27(23(19)29)17-4-2-1-3-5-17)24-20(18)6-8-26(22)11-10-25-12-14-30-15-13-25/h6-9,16-17H,1-5,10-15H2. The third-order valence-corrected chi connectivity index (χ3v) is 6.57. The molecule has 5 rings (SSSR count). The van der Waals surface area contributed by atoms with Gasteiger partial charge in [0.05, 0.1) is 35.0 Å². The molecule has 30 heavy (non-hydrogen) atoms. The van der Waals surface area contributed by atoms with Gasteiger partial charge in [-0.25, -0.2) is 4.98 Å². The van der Waals surface area contributed by atoms with Crippen molar-refractivity contribution in [2.75, 3.05) is 32.8 Å². The van der Waals surface area contributed by atoms with Crippen molar-refractivity contribution in [1.29, 1.82) is 0 Å². The van der Waals surface area contributed by atoms with Crippen LogP contribution in [0.2, 0.25) is 0 Å². The van der Waals surface area contributed by atoms with Crippen LogP contribution < -0.4 is 11.1 Å². The quantitative estimate of drug-likeness (QED) is 0.621. The smallest absolute Gasteiger partial charge is 0.260 e. The molecule has 0 aromatic carbocycles. The van der Waals surface area contributed by atoms with Crippen LogP contribution in [0.25, 0.3) is 21.8 Å². The summed E-state index contributed by atoms with van der Waals surface area (Å²) in [6.07, 6.45) is 9.35. The molecular weight excluding hydrogens is 380 g/mol. The molecule has 2 aliphatic rings. The zero-order valence-electron chi connectivity index (χ0n) is 17.3. The summed E-state index contributed by atoms with van der Waals surface area (Å²) in [7, 11) is 0. The van der Waals surface area contributed by atoms with E-state index in [-0.39, 0.29) is 17.2 Å². The fourth-order valence-electron chi connectivity index (χ4n) is 4.78. The SMILES string of the molecule is O=c1c2cc3c(=O)n(C4CCCCC4)ccc3nc2ccn1CCN1CCOCC1. The lowest BCUT2D eigenvalue weighted by Gasteiger charge is -2.26. The first-order chi connectivity index (χ1) is 14.7. The highest BCUT2D eigenvalue weighted by atomic mass is 16.5. The summed E-state index contributed by atoms with van der Waals surface area (Å²) < 4.78 is 8.97. The molecule has 4 heterocycles. The van der Waals surface area contributed by atoms with Crippen LogP contribution in [0.4, 0.5) is 0 Å². The Hall–Kier alpha value is -2.51. The van der Waals surface area contributed by atoms with Gasteiger partial charge < -0.3 is 13.9 Å². The predicted octanol–water partition coefficient (Wildman–Crippen LogP) is 2.55. The summed E-state index contributed by atoms with van der Waals surface area (Å²) >= 11 is 0. The third kappa shape index (κ3) is 3.68. The van der Waals surface area contributed by atoms with Crippen molar-refractivity contribution >= 4 is 21.8 Å². The van der Waals surface area contributed by atoms with Crippen molar-refractivity contribution in [3.63, 3.8) is 0 Å². The lowest BCUT2D eigenvalue weighted by molar-refractivity contribution is 0.0363. The molecule has 0 N–H and O–H groups in total. The van der Waals surface area contributed by atoms with E-state index >= 15 is 0 Å². The highest BCUT2D eigenvalue weighted by molar-refractivity contribution is 5.91. The van der Waals surface area contributed by atoms with Gasteiger partial charge in [-0.1, -0.05) is 19.3 Å². The number of nitrogens with zero attached hydrogens (tertiary/aromatic N) is 4. The average Bonchev–Trinajstić information content (AvgIpc) is 2.79. The van der Waals surface area contributed by atoms with E-state index in [9.17, 15) is 9.59 Å². The molecule has 3 aromatic rings. The van der Waals surface area contributed by atoms with Gasteiger partial charge in [0.2, 0.25) is 0 Å². The molecule has 0 unspecified atom stereocenters. The van der Waals surface area contributed by atoms with Crippen LogP contribution in [0.5, 0.6) is 0 Å². The van der Waals surface area contributed by atoms with Crippen molar-refractivity contribution in [2.24, 2.45) is 0 Å². The highest BCUT2D eigenvalue weighted by Gasteiger charge is 2.18. The molecule has 0 atom stereocenters. The lowest BCUT2D eigenvalue weighted by atomic mass is 9.95. The number of fused-ring (bicyclic) bond motifs is 2. The van der Waals surface area contributed by atoms with Crippen LogP contribution in [0.3, 0.4) is 0 Å². The van der Waals surface area contributed by atoms with E-state index in [4.69, 9.17) is 4.74 Å². The van der Waals surface area contributed by atoms with Crippen molar-refractivity contribution in [3.8, 4) is 0 Å². The topological polar surface area (TPSA) is 69.4 Å². The molecule has 0 bridgehead atoms. The first-order valence-corrected chi connectivity index (χ1v) is 11.1. The van der Waals surface area contributed by atoms with Gasteiger partial charge in [-0.3, -0.25) is 14.5 Å². The third-order valence-electron chi connectivity index (χ3n) is 6.57. The second-order valence-electron chi connectivity index (χ2n) is 8.44. The van der Waals surface area contributed by atoms with Crippen LogP contribution >= 0.6 is 0 Å². The minimum Gasteiger partial charge on any atom is -0.379 e. The number of rotatable bonds is 4. The molecule has 2 fully saturated rings. The van der Waals surface area contributed by atoms with Gasteiger partial charge in [-0.05, 0) is 31.0 Å². The van der Waals surface area contributed by atoms with Gasteiger partial charge in [0.1, 0.15) is 0 Å². The average molecular weight is 409 g/mol. The van der Waals surface area contributed by atoms with Crippen molar-refractivity contribution in [2.45, 2.75) is 44.7 Å². The van der Waals surface area contributed by atoms with Gasteiger partial charge in [0.15, 0.2) is 0 Å². The maximum atomic E-state index is 13.2. The number of ether oxygens (including phenoxy) is 1. The van der Waals surface area contributed by atoms with Gasteiger partial charge in [0, 0.05) is 44.6 Å².